The Morgan fingerprint density at radius 1 is 1.31 bits per heavy atom. The number of amides is 1. The van der Waals surface area contributed by atoms with Gasteiger partial charge in [-0.2, -0.15) is 0 Å². The molecule has 0 saturated carbocycles. The van der Waals surface area contributed by atoms with Crippen molar-refractivity contribution in [2.24, 2.45) is 5.92 Å². The van der Waals surface area contributed by atoms with Gasteiger partial charge in [0.15, 0.2) is 0 Å². The van der Waals surface area contributed by atoms with Crippen LogP contribution in [0, 0.1) is 5.92 Å². The number of rotatable bonds is 8. The van der Waals surface area contributed by atoms with Gasteiger partial charge in [-0.15, -0.1) is 0 Å². The van der Waals surface area contributed by atoms with E-state index in [2.05, 4.69) is 43.5 Å². The zero-order valence-electron chi connectivity index (χ0n) is 11.3. The second kappa shape index (κ2) is 8.53. The minimum atomic E-state index is 0.155. The van der Waals surface area contributed by atoms with E-state index in [1.807, 2.05) is 7.05 Å². The highest BCUT2D eigenvalue weighted by atomic mass is 16.1. The molecule has 0 radical (unpaired) electrons. The van der Waals surface area contributed by atoms with Crippen LogP contribution in [-0.4, -0.2) is 51.1 Å². The van der Waals surface area contributed by atoms with Gasteiger partial charge in [0.25, 0.3) is 0 Å². The molecule has 0 rings (SSSR count). The van der Waals surface area contributed by atoms with Gasteiger partial charge < -0.3 is 15.5 Å². The first-order chi connectivity index (χ1) is 7.49. The van der Waals surface area contributed by atoms with E-state index in [9.17, 15) is 4.79 Å². The van der Waals surface area contributed by atoms with Gasteiger partial charge in [0.05, 0.1) is 0 Å². The third kappa shape index (κ3) is 6.80. The summed E-state index contributed by atoms with van der Waals surface area (Å²) in [7, 11) is 6.01. The van der Waals surface area contributed by atoms with Crippen molar-refractivity contribution in [3.8, 4) is 0 Å². The number of hydrogen-bond donors (Lipinski definition) is 2. The van der Waals surface area contributed by atoms with Gasteiger partial charge in [0, 0.05) is 19.0 Å². The molecule has 96 valence electrons. The van der Waals surface area contributed by atoms with E-state index < -0.39 is 0 Å². The van der Waals surface area contributed by atoms with Crippen LogP contribution in [0.3, 0.4) is 0 Å². The monoisotopic (exact) mass is 229 g/mol. The van der Waals surface area contributed by atoms with Crippen molar-refractivity contribution in [1.29, 1.82) is 0 Å². The third-order valence-corrected chi connectivity index (χ3v) is 2.77. The molecule has 0 saturated heterocycles. The molecule has 0 heterocycles. The zero-order valence-corrected chi connectivity index (χ0v) is 11.3. The van der Waals surface area contributed by atoms with Crippen molar-refractivity contribution < 1.29 is 4.79 Å². The number of carbonyl (C=O) groups is 1. The van der Waals surface area contributed by atoms with Crippen molar-refractivity contribution in [3.63, 3.8) is 0 Å². The molecule has 0 fully saturated rings. The SMILES string of the molecule is CNCCCC(=O)NCC(C(C)C)N(C)C. The molecule has 1 amide bonds. The average molecular weight is 229 g/mol. The first-order valence-electron chi connectivity index (χ1n) is 6.06. The summed E-state index contributed by atoms with van der Waals surface area (Å²) < 4.78 is 0. The summed E-state index contributed by atoms with van der Waals surface area (Å²) in [5.41, 5.74) is 0. The van der Waals surface area contributed by atoms with Gasteiger partial charge in [-0.3, -0.25) is 4.79 Å². The summed E-state index contributed by atoms with van der Waals surface area (Å²) in [4.78, 5) is 13.7. The van der Waals surface area contributed by atoms with Crippen molar-refractivity contribution in [2.45, 2.75) is 32.7 Å². The Kier molecular flexibility index (Phi) is 8.21. The summed E-state index contributed by atoms with van der Waals surface area (Å²) in [6.07, 6.45) is 1.51. The molecule has 0 aliphatic rings. The molecule has 0 aromatic rings. The summed E-state index contributed by atoms with van der Waals surface area (Å²) in [5, 5.41) is 6.03. The predicted molar refractivity (Wildman–Crippen MR) is 68.5 cm³/mol. The highest BCUT2D eigenvalue weighted by Gasteiger charge is 2.16. The molecule has 0 bridgehead atoms. The van der Waals surface area contributed by atoms with Crippen molar-refractivity contribution in [1.82, 2.24) is 15.5 Å². The van der Waals surface area contributed by atoms with Crippen LogP contribution in [0.25, 0.3) is 0 Å². The molecule has 4 nitrogen and oxygen atoms in total. The molecule has 0 aromatic carbocycles. The van der Waals surface area contributed by atoms with E-state index in [-0.39, 0.29) is 5.91 Å². The van der Waals surface area contributed by atoms with Gasteiger partial charge in [0.2, 0.25) is 5.91 Å². The van der Waals surface area contributed by atoms with E-state index in [1.54, 1.807) is 0 Å². The maximum Gasteiger partial charge on any atom is 0.220 e. The number of carbonyl (C=O) groups excluding carboxylic acids is 1. The highest BCUT2D eigenvalue weighted by molar-refractivity contribution is 5.75. The standard InChI is InChI=1S/C12H27N3O/c1-10(2)11(15(4)5)9-14-12(16)7-6-8-13-3/h10-11,13H,6-9H2,1-5H3,(H,14,16). The Balaban J connectivity index is 3.79. The van der Waals surface area contributed by atoms with Gasteiger partial charge >= 0.3 is 0 Å². The summed E-state index contributed by atoms with van der Waals surface area (Å²) in [5.74, 6) is 0.704. The van der Waals surface area contributed by atoms with Crippen LogP contribution in [0.2, 0.25) is 0 Å². The predicted octanol–water partition coefficient (Wildman–Crippen LogP) is 0.688. The maximum atomic E-state index is 11.5. The molecule has 0 spiro atoms. The smallest absolute Gasteiger partial charge is 0.220 e. The second-order valence-electron chi connectivity index (χ2n) is 4.79. The lowest BCUT2D eigenvalue weighted by Crippen LogP contribution is -2.43. The third-order valence-electron chi connectivity index (χ3n) is 2.77. The lowest BCUT2D eigenvalue weighted by atomic mass is 10.0. The van der Waals surface area contributed by atoms with Crippen LogP contribution in [0.5, 0.6) is 0 Å². The second-order valence-corrected chi connectivity index (χ2v) is 4.79. The molecule has 2 N–H and O–H groups in total. The molecule has 1 atom stereocenters. The Hall–Kier alpha value is -0.610. The van der Waals surface area contributed by atoms with Crippen LogP contribution in [0.4, 0.5) is 0 Å². The summed E-state index contributed by atoms with van der Waals surface area (Å²) >= 11 is 0. The molecule has 0 aliphatic carbocycles. The minimum Gasteiger partial charge on any atom is -0.355 e. The summed E-state index contributed by atoms with van der Waals surface area (Å²) in [6, 6.07) is 0.410. The van der Waals surface area contributed by atoms with E-state index in [0.717, 1.165) is 19.5 Å². The Morgan fingerprint density at radius 2 is 1.94 bits per heavy atom. The number of nitrogens with one attached hydrogen (secondary N) is 2. The Labute approximate surface area is 99.8 Å². The van der Waals surface area contributed by atoms with Crippen molar-refractivity contribution in [3.05, 3.63) is 0 Å². The van der Waals surface area contributed by atoms with E-state index in [1.165, 1.54) is 0 Å². The maximum absolute atomic E-state index is 11.5. The van der Waals surface area contributed by atoms with Gasteiger partial charge in [0.1, 0.15) is 0 Å². The highest BCUT2D eigenvalue weighted by Crippen LogP contribution is 2.05. The molecule has 1 unspecified atom stereocenters. The van der Waals surface area contributed by atoms with E-state index in [0.29, 0.717) is 18.4 Å². The van der Waals surface area contributed by atoms with Crippen molar-refractivity contribution >= 4 is 5.91 Å². The average Bonchev–Trinajstić information content (AvgIpc) is 2.17. The number of likely N-dealkylation sites (N-methyl/N-ethyl adjacent to an activating group) is 1. The molecule has 4 heteroatoms. The fourth-order valence-corrected chi connectivity index (χ4v) is 1.75. The van der Waals surface area contributed by atoms with Gasteiger partial charge in [-0.25, -0.2) is 0 Å². The Morgan fingerprint density at radius 3 is 2.38 bits per heavy atom. The van der Waals surface area contributed by atoms with Gasteiger partial charge in [-0.05, 0) is 40.0 Å². The van der Waals surface area contributed by atoms with Crippen LogP contribution < -0.4 is 10.6 Å². The molecule has 0 aromatic heterocycles. The van der Waals surface area contributed by atoms with Crippen LogP contribution >= 0.6 is 0 Å². The molecular weight excluding hydrogens is 202 g/mol. The molecular formula is C12H27N3O. The van der Waals surface area contributed by atoms with Gasteiger partial charge in [-0.1, -0.05) is 13.8 Å². The minimum absolute atomic E-state index is 0.155. The lowest BCUT2D eigenvalue weighted by Gasteiger charge is -2.28. The fourth-order valence-electron chi connectivity index (χ4n) is 1.75. The first-order valence-corrected chi connectivity index (χ1v) is 6.06. The normalized spacial score (nSPS) is 13.2. The van der Waals surface area contributed by atoms with Crippen LogP contribution in [-0.2, 0) is 4.79 Å². The lowest BCUT2D eigenvalue weighted by molar-refractivity contribution is -0.121. The quantitative estimate of drug-likeness (QED) is 0.602. The zero-order chi connectivity index (χ0) is 12.6. The molecule has 0 aliphatic heterocycles. The van der Waals surface area contributed by atoms with E-state index >= 15 is 0 Å². The van der Waals surface area contributed by atoms with E-state index in [4.69, 9.17) is 0 Å². The largest absolute Gasteiger partial charge is 0.355 e. The van der Waals surface area contributed by atoms with Crippen LogP contribution in [0.1, 0.15) is 26.7 Å². The first kappa shape index (κ1) is 15.4. The topological polar surface area (TPSA) is 44.4 Å². The summed E-state index contributed by atoms with van der Waals surface area (Å²) in [6.45, 7) is 5.99. The number of nitrogens with zero attached hydrogens (tertiary/aromatic N) is 1. The Bertz CT molecular complexity index is 185. The molecule has 16 heavy (non-hydrogen) atoms. The van der Waals surface area contributed by atoms with Crippen molar-refractivity contribution in [2.75, 3.05) is 34.2 Å². The number of hydrogen-bond acceptors (Lipinski definition) is 3. The van der Waals surface area contributed by atoms with Crippen LogP contribution in [0.15, 0.2) is 0 Å². The fraction of sp³-hybridized carbons (Fsp3) is 0.917.